The molecule has 2 aromatic heterocycles. The Kier molecular flexibility index (Phi) is 2.64. The first-order valence-corrected chi connectivity index (χ1v) is 5.88. The number of benzene rings is 1. The van der Waals surface area contributed by atoms with Gasteiger partial charge in [0.25, 0.3) is 0 Å². The van der Waals surface area contributed by atoms with E-state index in [9.17, 15) is 0 Å². The van der Waals surface area contributed by atoms with Crippen molar-refractivity contribution < 1.29 is 0 Å². The molecule has 2 heterocycles. The van der Waals surface area contributed by atoms with Gasteiger partial charge < -0.3 is 5.32 Å². The summed E-state index contributed by atoms with van der Waals surface area (Å²) in [6.45, 7) is 2.89. The fraction of sp³-hybridized carbons (Fsp3) is 0.154. The maximum absolute atomic E-state index is 4.56. The van der Waals surface area contributed by atoms with Gasteiger partial charge in [-0.25, -0.2) is 14.6 Å². The van der Waals surface area contributed by atoms with Crippen LogP contribution in [0.5, 0.6) is 0 Å². The van der Waals surface area contributed by atoms with Crippen LogP contribution in [0.15, 0.2) is 42.9 Å². The van der Waals surface area contributed by atoms with E-state index in [1.807, 2.05) is 28.9 Å². The average Bonchev–Trinajstić information content (AvgIpc) is 2.80. The predicted octanol–water partition coefficient (Wildman–Crippen LogP) is 2.25. The molecule has 0 bridgehead atoms. The summed E-state index contributed by atoms with van der Waals surface area (Å²) in [4.78, 5) is 8.16. The second-order valence-corrected chi connectivity index (χ2v) is 3.88. The highest BCUT2D eigenvalue weighted by atomic mass is 15.3. The Labute approximate surface area is 104 Å². The molecule has 3 rings (SSSR count). The van der Waals surface area contributed by atoms with Gasteiger partial charge in [-0.2, -0.15) is 0 Å². The van der Waals surface area contributed by atoms with Gasteiger partial charge in [-0.1, -0.05) is 12.1 Å². The van der Waals surface area contributed by atoms with E-state index < -0.39 is 0 Å². The van der Waals surface area contributed by atoms with Crippen molar-refractivity contribution in [1.82, 2.24) is 19.7 Å². The normalized spacial score (nSPS) is 10.7. The zero-order valence-electron chi connectivity index (χ0n) is 10.0. The van der Waals surface area contributed by atoms with Crippen molar-refractivity contribution in [3.05, 3.63) is 42.9 Å². The molecule has 0 aliphatic rings. The first-order valence-electron chi connectivity index (χ1n) is 5.88. The van der Waals surface area contributed by atoms with Crippen LogP contribution in [0.4, 0.5) is 5.82 Å². The Morgan fingerprint density at radius 3 is 2.89 bits per heavy atom. The molecule has 0 fully saturated rings. The minimum absolute atomic E-state index is 0.769. The highest BCUT2D eigenvalue weighted by Gasteiger charge is 2.10. The van der Waals surface area contributed by atoms with E-state index in [2.05, 4.69) is 33.4 Å². The van der Waals surface area contributed by atoms with Crippen LogP contribution >= 0.6 is 0 Å². The molecule has 0 saturated heterocycles. The van der Waals surface area contributed by atoms with E-state index in [1.54, 1.807) is 6.20 Å². The molecular weight excluding hydrogens is 226 g/mol. The molecule has 0 aliphatic carbocycles. The zero-order valence-corrected chi connectivity index (χ0v) is 10.0. The summed E-state index contributed by atoms with van der Waals surface area (Å²) >= 11 is 0. The van der Waals surface area contributed by atoms with Crippen LogP contribution in [-0.2, 0) is 0 Å². The van der Waals surface area contributed by atoms with Gasteiger partial charge in [0.05, 0.1) is 5.52 Å². The molecule has 5 heteroatoms. The quantitative estimate of drug-likeness (QED) is 0.761. The van der Waals surface area contributed by atoms with Crippen molar-refractivity contribution in [2.45, 2.75) is 6.92 Å². The number of anilines is 1. The summed E-state index contributed by atoms with van der Waals surface area (Å²) in [6.07, 6.45) is 3.24. The van der Waals surface area contributed by atoms with Gasteiger partial charge >= 0.3 is 0 Å². The van der Waals surface area contributed by atoms with Crippen molar-refractivity contribution in [1.29, 1.82) is 0 Å². The molecule has 0 amide bonds. The zero-order chi connectivity index (χ0) is 12.4. The Hall–Kier alpha value is -2.43. The Balaban J connectivity index is 2.24. The number of nitrogens with zero attached hydrogens (tertiary/aromatic N) is 4. The van der Waals surface area contributed by atoms with Crippen LogP contribution in [0.2, 0.25) is 0 Å². The molecule has 3 aromatic rings. The smallest absolute Gasteiger partial charge is 0.157 e. The summed E-state index contributed by atoms with van der Waals surface area (Å²) in [7, 11) is 0. The third-order valence-electron chi connectivity index (χ3n) is 2.71. The van der Waals surface area contributed by atoms with E-state index in [4.69, 9.17) is 0 Å². The highest BCUT2D eigenvalue weighted by molar-refractivity contribution is 5.91. The van der Waals surface area contributed by atoms with E-state index >= 15 is 0 Å². The highest BCUT2D eigenvalue weighted by Crippen LogP contribution is 2.24. The maximum Gasteiger partial charge on any atom is 0.157 e. The lowest BCUT2D eigenvalue weighted by Crippen LogP contribution is -2.01. The summed E-state index contributed by atoms with van der Waals surface area (Å²) in [5.41, 5.74) is 1.03. The molecule has 90 valence electrons. The second kappa shape index (κ2) is 4.44. The molecule has 0 spiro atoms. The van der Waals surface area contributed by atoms with Crippen LogP contribution < -0.4 is 5.32 Å². The third-order valence-corrected chi connectivity index (χ3v) is 2.71. The standard InChI is InChI=1S/C13H13N5/c1-2-15-13-10-5-3-4-6-11(10)18(17-13)12-7-8-14-9-16-12/h3-9H,2H2,1H3,(H,15,17). The lowest BCUT2D eigenvalue weighted by Gasteiger charge is -2.00. The SMILES string of the molecule is CCNc1nn(-c2ccncn2)c2ccccc12. The molecule has 18 heavy (non-hydrogen) atoms. The Morgan fingerprint density at radius 2 is 2.11 bits per heavy atom. The van der Waals surface area contributed by atoms with Crippen LogP contribution in [0.1, 0.15) is 6.92 Å². The van der Waals surface area contributed by atoms with E-state index in [1.165, 1.54) is 6.33 Å². The molecule has 1 N–H and O–H groups in total. The number of hydrogen-bond donors (Lipinski definition) is 1. The topological polar surface area (TPSA) is 55.6 Å². The lowest BCUT2D eigenvalue weighted by molar-refractivity contribution is 0.865. The molecular formula is C13H13N5. The van der Waals surface area contributed by atoms with Crippen LogP contribution in [0.25, 0.3) is 16.7 Å². The van der Waals surface area contributed by atoms with Gasteiger partial charge in [-0.15, -0.1) is 5.10 Å². The van der Waals surface area contributed by atoms with Crippen LogP contribution in [0.3, 0.4) is 0 Å². The van der Waals surface area contributed by atoms with Gasteiger partial charge in [0.15, 0.2) is 11.6 Å². The summed E-state index contributed by atoms with van der Waals surface area (Å²) in [6, 6.07) is 9.94. The number of aromatic nitrogens is 4. The number of nitrogens with one attached hydrogen (secondary N) is 1. The van der Waals surface area contributed by atoms with Gasteiger partial charge in [0.1, 0.15) is 6.33 Å². The third kappa shape index (κ3) is 1.69. The van der Waals surface area contributed by atoms with E-state index in [0.29, 0.717) is 0 Å². The van der Waals surface area contributed by atoms with Crippen molar-refractivity contribution >= 4 is 16.7 Å². The number of rotatable bonds is 3. The van der Waals surface area contributed by atoms with E-state index in [0.717, 1.165) is 29.1 Å². The van der Waals surface area contributed by atoms with Gasteiger partial charge in [-0.3, -0.25) is 0 Å². The number of hydrogen-bond acceptors (Lipinski definition) is 4. The lowest BCUT2D eigenvalue weighted by atomic mass is 10.2. The molecule has 0 atom stereocenters. The molecule has 0 unspecified atom stereocenters. The minimum Gasteiger partial charge on any atom is -0.368 e. The van der Waals surface area contributed by atoms with Crippen molar-refractivity contribution in [3.63, 3.8) is 0 Å². The van der Waals surface area contributed by atoms with Gasteiger partial charge in [0, 0.05) is 24.2 Å². The predicted molar refractivity (Wildman–Crippen MR) is 70.8 cm³/mol. The van der Waals surface area contributed by atoms with Gasteiger partial charge in [0.2, 0.25) is 0 Å². The van der Waals surface area contributed by atoms with E-state index in [-0.39, 0.29) is 0 Å². The van der Waals surface area contributed by atoms with Crippen molar-refractivity contribution in [2.24, 2.45) is 0 Å². The summed E-state index contributed by atoms with van der Waals surface area (Å²) in [5.74, 6) is 1.65. The molecule has 0 radical (unpaired) electrons. The van der Waals surface area contributed by atoms with Crippen LogP contribution in [0, 0.1) is 0 Å². The molecule has 0 saturated carbocycles. The number of para-hydroxylation sites is 1. The Morgan fingerprint density at radius 1 is 1.22 bits per heavy atom. The average molecular weight is 239 g/mol. The second-order valence-electron chi connectivity index (χ2n) is 3.88. The van der Waals surface area contributed by atoms with Gasteiger partial charge in [-0.05, 0) is 19.1 Å². The first-order chi connectivity index (χ1) is 8.90. The fourth-order valence-electron chi connectivity index (χ4n) is 1.95. The Bertz CT molecular complexity index is 659. The monoisotopic (exact) mass is 239 g/mol. The minimum atomic E-state index is 0.769. The largest absolute Gasteiger partial charge is 0.368 e. The fourth-order valence-corrected chi connectivity index (χ4v) is 1.95. The number of fused-ring (bicyclic) bond motifs is 1. The molecule has 5 nitrogen and oxygen atoms in total. The first kappa shape index (κ1) is 10.7. The summed E-state index contributed by atoms with van der Waals surface area (Å²) < 4.78 is 1.83. The van der Waals surface area contributed by atoms with Crippen molar-refractivity contribution in [3.8, 4) is 5.82 Å². The maximum atomic E-state index is 4.56. The van der Waals surface area contributed by atoms with Crippen LogP contribution in [-0.4, -0.2) is 26.3 Å². The summed E-state index contributed by atoms with van der Waals surface area (Å²) in [5, 5.41) is 8.93. The molecule has 1 aromatic carbocycles. The van der Waals surface area contributed by atoms with Crippen molar-refractivity contribution in [2.75, 3.05) is 11.9 Å². The molecule has 0 aliphatic heterocycles.